The Labute approximate surface area is 148 Å². The zero-order chi connectivity index (χ0) is 18.1. The van der Waals surface area contributed by atoms with E-state index >= 15 is 0 Å². The van der Waals surface area contributed by atoms with Crippen LogP contribution in [0.15, 0.2) is 0 Å². The molecule has 2 heterocycles. The van der Waals surface area contributed by atoms with Crippen molar-refractivity contribution >= 4 is 10.0 Å². The van der Waals surface area contributed by atoms with Gasteiger partial charge in [-0.3, -0.25) is 4.90 Å². The number of hydrogen-bond donors (Lipinski definition) is 1. The van der Waals surface area contributed by atoms with Crippen LogP contribution in [0, 0.1) is 0 Å². The number of nitrogens with zero attached hydrogens (tertiary/aromatic N) is 2. The predicted octanol–water partition coefficient (Wildman–Crippen LogP) is 2.30. The van der Waals surface area contributed by atoms with Gasteiger partial charge in [0.25, 0.3) is 0 Å². The van der Waals surface area contributed by atoms with Crippen LogP contribution >= 0.6 is 0 Å². The largest absolute Gasteiger partial charge is 0.511 e. The molecule has 3 fully saturated rings. The maximum absolute atomic E-state index is 12.7. The highest BCUT2D eigenvalue weighted by Gasteiger charge is 2.48. The summed E-state index contributed by atoms with van der Waals surface area (Å²) < 4.78 is 63.1. The lowest BCUT2D eigenvalue weighted by Gasteiger charge is -2.44. The van der Waals surface area contributed by atoms with Crippen molar-refractivity contribution in [3.05, 3.63) is 0 Å². The Morgan fingerprint density at radius 1 is 0.800 bits per heavy atom. The lowest BCUT2D eigenvalue weighted by atomic mass is 9.88. The molecule has 3 aliphatic rings. The van der Waals surface area contributed by atoms with E-state index in [9.17, 15) is 21.6 Å². The molecule has 1 saturated carbocycles. The molecule has 2 aliphatic heterocycles. The zero-order valence-electron chi connectivity index (χ0n) is 14.5. The fraction of sp³-hybridized carbons (Fsp3) is 1.00. The topological polar surface area (TPSA) is 52.7 Å². The minimum Gasteiger partial charge on any atom is -0.300 e. The third-order valence-electron chi connectivity index (χ3n) is 5.97. The van der Waals surface area contributed by atoms with E-state index in [1.807, 2.05) is 4.72 Å². The quantitative estimate of drug-likeness (QED) is 0.809. The van der Waals surface area contributed by atoms with Gasteiger partial charge in [-0.2, -0.15) is 13.2 Å². The van der Waals surface area contributed by atoms with Crippen LogP contribution in [0.4, 0.5) is 13.2 Å². The van der Waals surface area contributed by atoms with Crippen LogP contribution < -0.4 is 4.72 Å². The summed E-state index contributed by atoms with van der Waals surface area (Å²) in [6.07, 6.45) is 7.51. The predicted molar refractivity (Wildman–Crippen MR) is 89.6 cm³/mol. The van der Waals surface area contributed by atoms with Gasteiger partial charge in [-0.05, 0) is 64.7 Å². The number of sulfonamides is 1. The van der Waals surface area contributed by atoms with Crippen LogP contribution in [0.2, 0.25) is 0 Å². The summed E-state index contributed by atoms with van der Waals surface area (Å²) in [5.41, 5.74) is -5.24. The van der Waals surface area contributed by atoms with E-state index in [2.05, 4.69) is 9.80 Å². The number of piperidine rings is 1. The van der Waals surface area contributed by atoms with Crippen LogP contribution in [0.5, 0.6) is 0 Å². The molecule has 3 rings (SSSR count). The Balaban J connectivity index is 1.60. The van der Waals surface area contributed by atoms with Crippen LogP contribution in [-0.4, -0.2) is 68.0 Å². The highest BCUT2D eigenvalue weighted by Crippen LogP contribution is 2.30. The highest BCUT2D eigenvalue weighted by atomic mass is 32.2. The van der Waals surface area contributed by atoms with Crippen molar-refractivity contribution in [2.24, 2.45) is 0 Å². The second-order valence-electron chi connectivity index (χ2n) is 7.54. The van der Waals surface area contributed by atoms with Crippen LogP contribution in [-0.2, 0) is 10.0 Å². The summed E-state index contributed by atoms with van der Waals surface area (Å²) >= 11 is 0. The molecule has 2 atom stereocenters. The second kappa shape index (κ2) is 7.70. The molecule has 0 aromatic rings. The van der Waals surface area contributed by atoms with Crippen molar-refractivity contribution < 1.29 is 21.6 Å². The molecule has 0 aromatic carbocycles. The van der Waals surface area contributed by atoms with Gasteiger partial charge < -0.3 is 4.90 Å². The van der Waals surface area contributed by atoms with Gasteiger partial charge in [-0.1, -0.05) is 12.8 Å². The summed E-state index contributed by atoms with van der Waals surface area (Å²) in [4.78, 5) is 4.75. The average Bonchev–Trinajstić information content (AvgIpc) is 3.09. The van der Waals surface area contributed by atoms with Gasteiger partial charge in [0, 0.05) is 18.1 Å². The molecule has 0 aromatic heterocycles. The van der Waals surface area contributed by atoms with Gasteiger partial charge >= 0.3 is 15.5 Å². The van der Waals surface area contributed by atoms with Gasteiger partial charge in [0.1, 0.15) is 0 Å². The van der Waals surface area contributed by atoms with Gasteiger partial charge in [0.05, 0.1) is 0 Å². The van der Waals surface area contributed by atoms with Crippen molar-refractivity contribution in [3.8, 4) is 0 Å². The Morgan fingerprint density at radius 3 is 2.00 bits per heavy atom. The van der Waals surface area contributed by atoms with Crippen LogP contribution in [0.25, 0.3) is 0 Å². The molecular weight excluding hydrogens is 355 g/mol. The summed E-state index contributed by atoms with van der Waals surface area (Å²) in [5.74, 6) is 0. The van der Waals surface area contributed by atoms with Gasteiger partial charge in [0.2, 0.25) is 0 Å². The number of hydrogen-bond acceptors (Lipinski definition) is 4. The molecule has 146 valence electrons. The Hall–Kier alpha value is -0.380. The molecule has 1 N–H and O–H groups in total. The lowest BCUT2D eigenvalue weighted by molar-refractivity contribution is -0.0457. The first-order chi connectivity index (χ1) is 11.8. The summed E-state index contributed by atoms with van der Waals surface area (Å²) in [7, 11) is -5.28. The zero-order valence-corrected chi connectivity index (χ0v) is 15.3. The summed E-state index contributed by atoms with van der Waals surface area (Å²) in [6.45, 7) is 4.00. The third kappa shape index (κ3) is 4.48. The molecule has 1 unspecified atom stereocenters. The maximum atomic E-state index is 12.7. The number of rotatable bonds is 4. The Bertz CT molecular complexity index is 541. The van der Waals surface area contributed by atoms with E-state index in [0.717, 1.165) is 58.3 Å². The first kappa shape index (κ1) is 19.4. The highest BCUT2D eigenvalue weighted by molar-refractivity contribution is 7.90. The first-order valence-electron chi connectivity index (χ1n) is 9.34. The fourth-order valence-corrected chi connectivity index (χ4v) is 5.45. The van der Waals surface area contributed by atoms with Crippen molar-refractivity contribution in [3.63, 3.8) is 0 Å². The monoisotopic (exact) mass is 383 g/mol. The summed E-state index contributed by atoms with van der Waals surface area (Å²) in [5, 5.41) is 0. The standard InChI is InChI=1S/C16H28F3N3O2S/c17-16(18,19)25(23,24)20-14-5-1-2-6-15(14)22-11-7-13(8-12-22)21-9-3-4-10-21/h13-15,20H,1-12H2/t14-,15?/m1/s1. The molecular formula is C16H28F3N3O2S. The second-order valence-corrected chi connectivity index (χ2v) is 9.24. The van der Waals surface area contributed by atoms with Crippen LogP contribution in [0.1, 0.15) is 51.4 Å². The summed E-state index contributed by atoms with van der Waals surface area (Å²) in [6, 6.07) is -0.179. The smallest absolute Gasteiger partial charge is 0.300 e. The number of halogens is 3. The molecule has 0 radical (unpaired) electrons. The number of likely N-dealkylation sites (tertiary alicyclic amines) is 2. The van der Waals surface area contributed by atoms with Crippen LogP contribution in [0.3, 0.4) is 0 Å². The van der Waals surface area contributed by atoms with E-state index in [4.69, 9.17) is 0 Å². The van der Waals surface area contributed by atoms with E-state index in [0.29, 0.717) is 12.5 Å². The SMILES string of the molecule is O=S(=O)(N[C@@H]1CCCCC1N1CCC(N2CCCC2)CC1)C(F)(F)F. The average molecular weight is 383 g/mol. The molecule has 0 amide bonds. The van der Waals surface area contributed by atoms with Gasteiger partial charge in [-0.15, -0.1) is 0 Å². The molecule has 2 saturated heterocycles. The molecule has 0 bridgehead atoms. The Kier molecular flexibility index (Phi) is 5.97. The van der Waals surface area contributed by atoms with Crippen molar-refractivity contribution in [1.29, 1.82) is 0 Å². The molecule has 5 nitrogen and oxygen atoms in total. The molecule has 9 heteroatoms. The minimum absolute atomic E-state index is 0.120. The van der Waals surface area contributed by atoms with Gasteiger partial charge in [0.15, 0.2) is 0 Å². The van der Waals surface area contributed by atoms with Gasteiger partial charge in [-0.25, -0.2) is 13.1 Å². The number of alkyl halides is 3. The lowest BCUT2D eigenvalue weighted by Crippen LogP contribution is -2.57. The Morgan fingerprint density at radius 2 is 1.40 bits per heavy atom. The van der Waals surface area contributed by atoms with E-state index in [1.165, 1.54) is 12.8 Å². The van der Waals surface area contributed by atoms with E-state index in [1.54, 1.807) is 0 Å². The van der Waals surface area contributed by atoms with E-state index < -0.39 is 21.6 Å². The first-order valence-corrected chi connectivity index (χ1v) is 10.8. The molecule has 25 heavy (non-hydrogen) atoms. The van der Waals surface area contributed by atoms with Crippen molar-refractivity contribution in [2.45, 2.75) is 75.0 Å². The third-order valence-corrected chi connectivity index (χ3v) is 7.19. The number of nitrogens with one attached hydrogen (secondary N) is 1. The maximum Gasteiger partial charge on any atom is 0.511 e. The normalized spacial score (nSPS) is 31.5. The van der Waals surface area contributed by atoms with E-state index in [-0.39, 0.29) is 6.04 Å². The fourth-order valence-electron chi connectivity index (χ4n) is 4.64. The molecule has 1 aliphatic carbocycles. The molecule has 0 spiro atoms. The minimum atomic E-state index is -5.28. The van der Waals surface area contributed by atoms with Crippen molar-refractivity contribution in [1.82, 2.24) is 14.5 Å². The van der Waals surface area contributed by atoms with Crippen molar-refractivity contribution in [2.75, 3.05) is 26.2 Å².